The molecule has 0 atom stereocenters. The van der Waals surface area contributed by atoms with Crippen molar-refractivity contribution >= 4 is 22.8 Å². The van der Waals surface area contributed by atoms with Crippen molar-refractivity contribution in [3.05, 3.63) is 41.1 Å². The monoisotopic (exact) mass is 380 g/mol. The number of amides is 1. The van der Waals surface area contributed by atoms with E-state index in [1.165, 1.54) is 19.3 Å². The lowest BCUT2D eigenvalue weighted by Gasteiger charge is -2.33. The molecule has 0 spiro atoms. The standard InChI is InChI=1S/C23H28N2O3/c1-2-25(16-9-4-3-5-10-16)21(26)15-28-23(27)22-17-11-6-7-13-19(17)24-20-14-8-12-18(20)22/h6-7,11,13,16H,2-5,8-10,12,14-15H2,1H3. The molecule has 0 bridgehead atoms. The molecule has 2 aliphatic carbocycles. The molecule has 28 heavy (non-hydrogen) atoms. The second kappa shape index (κ2) is 8.29. The topological polar surface area (TPSA) is 59.5 Å². The highest BCUT2D eigenvalue weighted by Gasteiger charge is 2.27. The Labute approximate surface area is 166 Å². The molecule has 1 fully saturated rings. The van der Waals surface area contributed by atoms with E-state index in [1.807, 2.05) is 36.1 Å². The third kappa shape index (κ3) is 3.62. The second-order valence-electron chi connectivity index (χ2n) is 7.83. The van der Waals surface area contributed by atoms with E-state index < -0.39 is 5.97 Å². The van der Waals surface area contributed by atoms with Crippen molar-refractivity contribution in [2.45, 2.75) is 64.3 Å². The average Bonchev–Trinajstić information content (AvgIpc) is 3.19. The maximum absolute atomic E-state index is 13.0. The Kier molecular flexibility index (Phi) is 5.60. The van der Waals surface area contributed by atoms with Crippen LogP contribution in [0.15, 0.2) is 24.3 Å². The first kappa shape index (κ1) is 18.9. The Hall–Kier alpha value is -2.43. The lowest BCUT2D eigenvalue weighted by atomic mass is 9.94. The maximum atomic E-state index is 13.0. The van der Waals surface area contributed by atoms with E-state index in [4.69, 9.17) is 9.72 Å². The molecule has 5 nitrogen and oxygen atoms in total. The summed E-state index contributed by atoms with van der Waals surface area (Å²) in [6, 6.07) is 7.97. The van der Waals surface area contributed by atoms with Crippen LogP contribution < -0.4 is 0 Å². The SMILES string of the molecule is CCN(C(=O)COC(=O)c1c2c(nc3ccccc13)CCC2)C1CCCCC1. The number of carbonyl (C=O) groups is 2. The zero-order valence-electron chi connectivity index (χ0n) is 16.6. The number of esters is 1. The van der Waals surface area contributed by atoms with E-state index in [-0.39, 0.29) is 18.6 Å². The van der Waals surface area contributed by atoms with Crippen LogP contribution in [0.25, 0.3) is 10.9 Å². The summed E-state index contributed by atoms with van der Waals surface area (Å²) in [6.45, 7) is 2.47. The number of hydrogen-bond donors (Lipinski definition) is 0. The third-order valence-electron chi connectivity index (χ3n) is 6.13. The van der Waals surface area contributed by atoms with E-state index in [9.17, 15) is 9.59 Å². The third-order valence-corrected chi connectivity index (χ3v) is 6.13. The van der Waals surface area contributed by atoms with Crippen LogP contribution in [0.5, 0.6) is 0 Å². The predicted molar refractivity (Wildman–Crippen MR) is 108 cm³/mol. The maximum Gasteiger partial charge on any atom is 0.339 e. The number of rotatable bonds is 5. The first-order valence-electron chi connectivity index (χ1n) is 10.6. The van der Waals surface area contributed by atoms with Crippen LogP contribution in [0.4, 0.5) is 0 Å². The van der Waals surface area contributed by atoms with Crippen molar-refractivity contribution in [1.82, 2.24) is 9.88 Å². The van der Waals surface area contributed by atoms with E-state index in [1.54, 1.807) is 0 Å². The predicted octanol–water partition coefficient (Wildman–Crippen LogP) is 4.06. The van der Waals surface area contributed by atoms with Gasteiger partial charge < -0.3 is 9.64 Å². The molecule has 0 N–H and O–H groups in total. The quantitative estimate of drug-likeness (QED) is 0.734. The van der Waals surface area contributed by atoms with Crippen molar-refractivity contribution in [1.29, 1.82) is 0 Å². The van der Waals surface area contributed by atoms with Crippen LogP contribution in [0.3, 0.4) is 0 Å². The van der Waals surface area contributed by atoms with Gasteiger partial charge in [0.15, 0.2) is 6.61 Å². The molecule has 0 aliphatic heterocycles. The van der Waals surface area contributed by atoms with Gasteiger partial charge in [0.2, 0.25) is 0 Å². The minimum absolute atomic E-state index is 0.0854. The summed E-state index contributed by atoms with van der Waals surface area (Å²) in [7, 11) is 0. The summed E-state index contributed by atoms with van der Waals surface area (Å²) in [5, 5.41) is 0.820. The van der Waals surface area contributed by atoms with E-state index in [0.717, 1.165) is 54.3 Å². The lowest BCUT2D eigenvalue weighted by molar-refractivity contribution is -0.137. The fraction of sp³-hybridized carbons (Fsp3) is 0.522. The number of aryl methyl sites for hydroxylation is 1. The van der Waals surface area contributed by atoms with Crippen molar-refractivity contribution in [3.8, 4) is 0 Å². The summed E-state index contributed by atoms with van der Waals surface area (Å²) < 4.78 is 5.54. The number of para-hydroxylation sites is 1. The highest BCUT2D eigenvalue weighted by atomic mass is 16.5. The fourth-order valence-electron chi connectivity index (χ4n) is 4.76. The molecular weight excluding hydrogens is 352 g/mol. The number of ether oxygens (including phenoxy) is 1. The van der Waals surface area contributed by atoms with Gasteiger partial charge in [-0.2, -0.15) is 0 Å². The zero-order valence-corrected chi connectivity index (χ0v) is 16.6. The molecule has 0 unspecified atom stereocenters. The largest absolute Gasteiger partial charge is 0.452 e. The van der Waals surface area contributed by atoms with Gasteiger partial charge in [-0.15, -0.1) is 0 Å². The van der Waals surface area contributed by atoms with Crippen molar-refractivity contribution in [2.75, 3.05) is 13.2 Å². The number of hydrogen-bond acceptors (Lipinski definition) is 4. The molecule has 1 heterocycles. The molecule has 1 saturated carbocycles. The fourth-order valence-corrected chi connectivity index (χ4v) is 4.76. The molecule has 1 amide bonds. The molecule has 148 valence electrons. The molecule has 2 aromatic rings. The number of fused-ring (bicyclic) bond motifs is 2. The Balaban J connectivity index is 1.52. The summed E-state index contributed by atoms with van der Waals surface area (Å²) in [6.07, 6.45) is 8.43. The molecular formula is C23H28N2O3. The van der Waals surface area contributed by atoms with Crippen LogP contribution in [0.2, 0.25) is 0 Å². The highest BCUT2D eigenvalue weighted by molar-refractivity contribution is 6.05. The Morgan fingerprint density at radius 2 is 1.89 bits per heavy atom. The first-order valence-corrected chi connectivity index (χ1v) is 10.6. The molecule has 0 radical (unpaired) electrons. The number of carbonyl (C=O) groups excluding carboxylic acids is 2. The van der Waals surface area contributed by atoms with Crippen LogP contribution in [0.1, 0.15) is 67.1 Å². The number of pyridine rings is 1. The van der Waals surface area contributed by atoms with Crippen LogP contribution in [0, 0.1) is 0 Å². The zero-order chi connectivity index (χ0) is 19.5. The number of benzene rings is 1. The number of likely N-dealkylation sites (N-methyl/N-ethyl adjacent to an activating group) is 1. The Morgan fingerprint density at radius 1 is 1.11 bits per heavy atom. The summed E-state index contributed by atoms with van der Waals surface area (Å²) in [5.74, 6) is -0.484. The van der Waals surface area contributed by atoms with Crippen molar-refractivity contribution < 1.29 is 14.3 Å². The number of aromatic nitrogens is 1. The second-order valence-corrected chi connectivity index (χ2v) is 7.83. The average molecular weight is 380 g/mol. The summed E-state index contributed by atoms with van der Waals surface area (Å²) in [4.78, 5) is 32.3. The summed E-state index contributed by atoms with van der Waals surface area (Å²) in [5.41, 5.74) is 3.41. The van der Waals surface area contributed by atoms with Crippen LogP contribution in [-0.4, -0.2) is 41.0 Å². The van der Waals surface area contributed by atoms with Gasteiger partial charge in [-0.25, -0.2) is 4.79 Å². The first-order chi connectivity index (χ1) is 13.7. The molecule has 5 heteroatoms. The van der Waals surface area contributed by atoms with Crippen LogP contribution in [-0.2, 0) is 22.4 Å². The molecule has 4 rings (SSSR count). The lowest BCUT2D eigenvalue weighted by Crippen LogP contribution is -2.43. The van der Waals surface area contributed by atoms with Crippen molar-refractivity contribution in [3.63, 3.8) is 0 Å². The van der Waals surface area contributed by atoms with Crippen LogP contribution >= 0.6 is 0 Å². The van der Waals surface area contributed by atoms with Gasteiger partial charge >= 0.3 is 5.97 Å². The molecule has 1 aromatic heterocycles. The van der Waals surface area contributed by atoms with E-state index >= 15 is 0 Å². The smallest absolute Gasteiger partial charge is 0.339 e. The van der Waals surface area contributed by atoms with Gasteiger partial charge in [0.05, 0.1) is 11.1 Å². The van der Waals surface area contributed by atoms with Crippen molar-refractivity contribution in [2.24, 2.45) is 0 Å². The van der Waals surface area contributed by atoms with Gasteiger partial charge in [-0.3, -0.25) is 9.78 Å². The van der Waals surface area contributed by atoms with Gasteiger partial charge in [0, 0.05) is 23.7 Å². The molecule has 1 aromatic carbocycles. The molecule has 2 aliphatic rings. The van der Waals surface area contributed by atoms with E-state index in [0.29, 0.717) is 12.1 Å². The van der Waals surface area contributed by atoms with Gasteiger partial charge in [0.25, 0.3) is 5.91 Å². The molecule has 0 saturated heterocycles. The minimum Gasteiger partial charge on any atom is -0.452 e. The summed E-state index contributed by atoms with van der Waals surface area (Å²) >= 11 is 0. The van der Waals surface area contributed by atoms with Gasteiger partial charge in [-0.1, -0.05) is 37.5 Å². The normalized spacial score (nSPS) is 16.8. The van der Waals surface area contributed by atoms with Gasteiger partial charge in [0.1, 0.15) is 0 Å². The van der Waals surface area contributed by atoms with E-state index in [2.05, 4.69) is 0 Å². The number of nitrogens with zero attached hydrogens (tertiary/aromatic N) is 2. The Bertz CT molecular complexity index is 887. The Morgan fingerprint density at radius 3 is 2.68 bits per heavy atom. The minimum atomic E-state index is -0.398. The van der Waals surface area contributed by atoms with Gasteiger partial charge in [-0.05, 0) is 50.7 Å². The highest BCUT2D eigenvalue weighted by Crippen LogP contribution is 2.30.